The lowest BCUT2D eigenvalue weighted by Gasteiger charge is -2.44. The first-order valence-corrected chi connectivity index (χ1v) is 11.0. The van der Waals surface area contributed by atoms with Gasteiger partial charge in [-0.2, -0.15) is 0 Å². The Balaban J connectivity index is 3.35. The van der Waals surface area contributed by atoms with Gasteiger partial charge in [-0.25, -0.2) is 0 Å². The molecular formula is C19H29NO9S2. The summed E-state index contributed by atoms with van der Waals surface area (Å²) in [6.07, 6.45) is -4.49. The summed E-state index contributed by atoms with van der Waals surface area (Å²) in [5.41, 5.74) is -0.909. The van der Waals surface area contributed by atoms with Crippen molar-refractivity contribution < 1.29 is 42.9 Å². The predicted molar refractivity (Wildman–Crippen MR) is 115 cm³/mol. The van der Waals surface area contributed by atoms with Crippen LogP contribution in [0.4, 0.5) is 0 Å². The van der Waals surface area contributed by atoms with Gasteiger partial charge in [0.05, 0.1) is 0 Å². The maximum Gasteiger partial charge on any atom is 0.303 e. The first-order chi connectivity index (χ1) is 14.5. The quantitative estimate of drug-likeness (QED) is 0.285. The summed E-state index contributed by atoms with van der Waals surface area (Å²) >= 11 is 6.59. The van der Waals surface area contributed by atoms with Gasteiger partial charge < -0.3 is 28.6 Å². The summed E-state index contributed by atoms with van der Waals surface area (Å²) < 4.78 is 27.7. The third kappa shape index (κ3) is 8.62. The van der Waals surface area contributed by atoms with Crippen LogP contribution in [-0.2, 0) is 42.9 Å². The van der Waals surface area contributed by atoms with Crippen LogP contribution in [0.1, 0.15) is 41.5 Å². The fourth-order valence-electron chi connectivity index (χ4n) is 2.94. The number of hydrogen-bond donors (Lipinski definition) is 0. The SMILES string of the molecule is CCN(CC)C(=S)S[C@@H]1O[C@H](COC(C)=O)[C@H](OC(C)=O)[C@@H](OC(C)=O)[C@@H]1OC(C)=O. The van der Waals surface area contributed by atoms with Crippen molar-refractivity contribution in [3.05, 3.63) is 0 Å². The number of thiocarbonyl (C=S) groups is 1. The predicted octanol–water partition coefficient (Wildman–Crippen LogP) is 1.43. The molecule has 1 fully saturated rings. The zero-order valence-electron chi connectivity index (χ0n) is 18.4. The van der Waals surface area contributed by atoms with E-state index in [1.165, 1.54) is 27.7 Å². The number of esters is 4. The zero-order chi connectivity index (χ0) is 23.7. The summed E-state index contributed by atoms with van der Waals surface area (Å²) in [5, 5.41) is 0. The second kappa shape index (κ2) is 12.8. The Labute approximate surface area is 191 Å². The second-order valence-electron chi connectivity index (χ2n) is 6.62. The molecule has 0 radical (unpaired) electrons. The maximum atomic E-state index is 11.8. The number of hydrogen-bond acceptors (Lipinski definition) is 11. The lowest BCUT2D eigenvalue weighted by Crippen LogP contribution is -2.61. The van der Waals surface area contributed by atoms with Gasteiger partial charge >= 0.3 is 23.9 Å². The number of rotatable bonds is 8. The zero-order valence-corrected chi connectivity index (χ0v) is 20.1. The smallest absolute Gasteiger partial charge is 0.303 e. The second-order valence-corrected chi connectivity index (χ2v) is 8.36. The van der Waals surface area contributed by atoms with E-state index in [1.54, 1.807) is 0 Å². The molecule has 5 atom stereocenters. The molecule has 0 amide bonds. The van der Waals surface area contributed by atoms with Crippen LogP contribution < -0.4 is 0 Å². The standard InChI is InChI=1S/C19H29NO9S2/c1-7-20(8-2)19(30)31-18-17(28-13(6)24)16(27-12(5)23)15(26-11(4)22)14(29-18)9-25-10(3)21/h14-18H,7-9H2,1-6H3/t14-,15+,16-,17+,18+/m1/s1. The largest absolute Gasteiger partial charge is 0.463 e. The Morgan fingerprint density at radius 2 is 1.32 bits per heavy atom. The fraction of sp³-hybridized carbons (Fsp3) is 0.737. The molecule has 0 aromatic rings. The Hall–Kier alpha value is -1.92. The normalized spacial score (nSPS) is 25.2. The van der Waals surface area contributed by atoms with E-state index in [-0.39, 0.29) is 6.61 Å². The number of ether oxygens (including phenoxy) is 5. The van der Waals surface area contributed by atoms with E-state index in [4.69, 9.17) is 35.9 Å². The van der Waals surface area contributed by atoms with E-state index in [2.05, 4.69) is 0 Å². The summed E-state index contributed by atoms with van der Waals surface area (Å²) in [7, 11) is 0. The summed E-state index contributed by atoms with van der Waals surface area (Å²) in [5.74, 6) is -2.57. The molecule has 176 valence electrons. The lowest BCUT2D eigenvalue weighted by molar-refractivity contribution is -0.237. The molecule has 12 heteroatoms. The number of carbonyl (C=O) groups excluding carboxylic acids is 4. The molecule has 0 bridgehead atoms. The van der Waals surface area contributed by atoms with Crippen LogP contribution in [0.2, 0.25) is 0 Å². The molecular weight excluding hydrogens is 450 g/mol. The van der Waals surface area contributed by atoms with Crippen LogP contribution in [0.25, 0.3) is 0 Å². The van der Waals surface area contributed by atoms with E-state index >= 15 is 0 Å². The summed E-state index contributed by atoms with van der Waals surface area (Å²) in [6, 6.07) is 0. The first kappa shape index (κ1) is 27.1. The Bertz CT molecular complexity index is 683. The van der Waals surface area contributed by atoms with Gasteiger partial charge in [-0.15, -0.1) is 0 Å². The van der Waals surface area contributed by atoms with Crippen molar-refractivity contribution in [1.82, 2.24) is 4.90 Å². The Kier molecular flexibility index (Phi) is 11.2. The fourth-order valence-corrected chi connectivity index (χ4v) is 4.63. The molecule has 31 heavy (non-hydrogen) atoms. The number of carbonyl (C=O) groups is 4. The number of thioether (sulfide) groups is 1. The minimum absolute atomic E-state index is 0.271. The molecule has 0 aliphatic carbocycles. The summed E-state index contributed by atoms with van der Waals surface area (Å²) in [4.78, 5) is 48.6. The average molecular weight is 480 g/mol. The van der Waals surface area contributed by atoms with E-state index in [1.807, 2.05) is 18.7 Å². The molecule has 10 nitrogen and oxygen atoms in total. The van der Waals surface area contributed by atoms with Crippen LogP contribution in [-0.4, -0.2) is 82.6 Å². The highest BCUT2D eigenvalue weighted by Gasteiger charge is 2.52. The minimum Gasteiger partial charge on any atom is -0.463 e. The third-order valence-electron chi connectivity index (χ3n) is 4.19. The van der Waals surface area contributed by atoms with E-state index in [0.29, 0.717) is 17.4 Å². The molecule has 0 spiro atoms. The minimum atomic E-state index is -1.20. The number of nitrogens with zero attached hydrogens (tertiary/aromatic N) is 1. The monoisotopic (exact) mass is 479 g/mol. The molecule has 1 saturated heterocycles. The first-order valence-electron chi connectivity index (χ1n) is 9.76. The Morgan fingerprint density at radius 3 is 1.77 bits per heavy atom. The van der Waals surface area contributed by atoms with Gasteiger partial charge in [0, 0.05) is 40.8 Å². The van der Waals surface area contributed by atoms with Crippen LogP contribution in [0, 0.1) is 0 Å². The lowest BCUT2D eigenvalue weighted by atomic mass is 9.99. The molecule has 0 aromatic heterocycles. The van der Waals surface area contributed by atoms with Gasteiger partial charge in [0.2, 0.25) is 0 Å². The third-order valence-corrected chi connectivity index (χ3v) is 5.81. The van der Waals surface area contributed by atoms with Crippen molar-refractivity contribution in [2.24, 2.45) is 0 Å². The molecule has 1 rings (SSSR count). The van der Waals surface area contributed by atoms with Crippen molar-refractivity contribution in [2.45, 2.75) is 71.4 Å². The van der Waals surface area contributed by atoms with E-state index in [0.717, 1.165) is 11.8 Å². The molecule has 0 saturated carbocycles. The Morgan fingerprint density at radius 1 is 0.839 bits per heavy atom. The molecule has 1 aliphatic rings. The van der Waals surface area contributed by atoms with Gasteiger partial charge in [-0.1, -0.05) is 24.0 Å². The molecule has 1 aliphatic heterocycles. The van der Waals surface area contributed by atoms with Crippen LogP contribution in [0.15, 0.2) is 0 Å². The van der Waals surface area contributed by atoms with Crippen LogP contribution >= 0.6 is 24.0 Å². The van der Waals surface area contributed by atoms with Crippen molar-refractivity contribution >= 4 is 52.2 Å². The molecule has 0 aromatic carbocycles. The highest BCUT2D eigenvalue weighted by Crippen LogP contribution is 2.35. The maximum absolute atomic E-state index is 11.8. The van der Waals surface area contributed by atoms with Gasteiger partial charge in [0.25, 0.3) is 0 Å². The summed E-state index contributed by atoms with van der Waals surface area (Å²) in [6.45, 7) is 9.65. The highest BCUT2D eigenvalue weighted by atomic mass is 32.2. The average Bonchev–Trinajstić information content (AvgIpc) is 2.64. The van der Waals surface area contributed by atoms with Crippen LogP contribution in [0.5, 0.6) is 0 Å². The molecule has 0 N–H and O–H groups in total. The van der Waals surface area contributed by atoms with Gasteiger partial charge in [-0.05, 0) is 13.8 Å². The van der Waals surface area contributed by atoms with Crippen LogP contribution in [0.3, 0.4) is 0 Å². The molecule has 1 heterocycles. The van der Waals surface area contributed by atoms with E-state index in [9.17, 15) is 19.2 Å². The van der Waals surface area contributed by atoms with Gasteiger partial charge in [0.15, 0.2) is 23.7 Å². The van der Waals surface area contributed by atoms with Crippen molar-refractivity contribution in [3.8, 4) is 0 Å². The topological polar surface area (TPSA) is 118 Å². The van der Waals surface area contributed by atoms with E-state index < -0.39 is 53.7 Å². The highest BCUT2D eigenvalue weighted by molar-refractivity contribution is 8.23. The van der Waals surface area contributed by atoms with Crippen molar-refractivity contribution in [1.29, 1.82) is 0 Å². The van der Waals surface area contributed by atoms with Crippen molar-refractivity contribution in [2.75, 3.05) is 19.7 Å². The van der Waals surface area contributed by atoms with Gasteiger partial charge in [0.1, 0.15) is 17.0 Å². The van der Waals surface area contributed by atoms with Gasteiger partial charge in [-0.3, -0.25) is 19.2 Å². The van der Waals surface area contributed by atoms with Crippen molar-refractivity contribution in [3.63, 3.8) is 0 Å². The molecule has 0 unspecified atom stereocenters.